The van der Waals surface area contributed by atoms with Crippen molar-refractivity contribution in [2.75, 3.05) is 6.61 Å². The molecule has 24 heavy (non-hydrogen) atoms. The molecule has 2 saturated carbocycles. The number of carbonyl (C=O) groups excluding carboxylic acids is 1. The smallest absolute Gasteiger partial charge is 0.223 e. The molecular weight excluding hydrogens is 300 g/mol. The zero-order valence-corrected chi connectivity index (χ0v) is 14.4. The molecule has 0 saturated heterocycles. The lowest BCUT2D eigenvalue weighted by atomic mass is 9.65. The molecule has 0 spiro atoms. The van der Waals surface area contributed by atoms with Crippen molar-refractivity contribution < 1.29 is 9.53 Å². The van der Waals surface area contributed by atoms with Crippen LogP contribution in [-0.2, 0) is 4.79 Å². The molecule has 1 amide bonds. The third kappa shape index (κ3) is 2.81. The fraction of sp³-hybridized carbons (Fsp3) is 0.650. The molecule has 2 fully saturated rings. The Kier molecular flexibility index (Phi) is 4.25. The summed E-state index contributed by atoms with van der Waals surface area (Å²) in [6.45, 7) is 2.75. The monoisotopic (exact) mass is 328 g/mol. The van der Waals surface area contributed by atoms with E-state index in [-0.39, 0.29) is 23.8 Å². The number of rotatable bonds is 3. The highest BCUT2D eigenvalue weighted by atomic mass is 16.5. The SMILES string of the molecule is CC(NC(=O)C1CC2CCCC(C1)C2N)C1COc2ccccc21. The Morgan fingerprint density at radius 2 is 1.96 bits per heavy atom. The van der Waals surface area contributed by atoms with Crippen LogP contribution in [0.1, 0.15) is 50.5 Å². The van der Waals surface area contributed by atoms with E-state index in [1.165, 1.54) is 24.8 Å². The van der Waals surface area contributed by atoms with E-state index in [9.17, 15) is 4.79 Å². The number of nitrogens with one attached hydrogen (secondary N) is 1. The Hall–Kier alpha value is -1.55. The summed E-state index contributed by atoms with van der Waals surface area (Å²) in [6.07, 6.45) is 5.60. The highest BCUT2D eigenvalue weighted by molar-refractivity contribution is 5.79. The lowest BCUT2D eigenvalue weighted by Gasteiger charge is -2.43. The molecule has 0 aromatic heterocycles. The largest absolute Gasteiger partial charge is 0.493 e. The Bertz CT molecular complexity index is 603. The molecule has 1 aromatic rings. The maximum absolute atomic E-state index is 12.8. The van der Waals surface area contributed by atoms with Crippen LogP contribution >= 0.6 is 0 Å². The molecule has 3 N–H and O–H groups in total. The zero-order valence-electron chi connectivity index (χ0n) is 14.4. The highest BCUT2D eigenvalue weighted by Crippen LogP contribution is 2.42. The minimum absolute atomic E-state index is 0.0941. The lowest BCUT2D eigenvalue weighted by molar-refractivity contribution is -0.128. The molecule has 0 radical (unpaired) electrons. The van der Waals surface area contributed by atoms with Crippen molar-refractivity contribution in [3.8, 4) is 5.75 Å². The standard InChI is InChI=1S/C20H28N2O2/c1-12(17-11-24-18-8-3-2-7-16(17)18)22-20(23)15-9-13-5-4-6-14(10-15)19(13)21/h2-3,7-8,12-15,17,19H,4-6,9-11,21H2,1H3,(H,22,23). The van der Waals surface area contributed by atoms with Crippen molar-refractivity contribution in [1.29, 1.82) is 0 Å². The van der Waals surface area contributed by atoms with E-state index < -0.39 is 0 Å². The number of hydrogen-bond acceptors (Lipinski definition) is 3. The number of amides is 1. The van der Waals surface area contributed by atoms with E-state index in [2.05, 4.69) is 18.3 Å². The first-order valence-corrected chi connectivity index (χ1v) is 9.41. The number of carbonyl (C=O) groups is 1. The second kappa shape index (κ2) is 6.40. The summed E-state index contributed by atoms with van der Waals surface area (Å²) in [4.78, 5) is 12.8. The van der Waals surface area contributed by atoms with Gasteiger partial charge in [0.05, 0.1) is 6.61 Å². The van der Waals surface area contributed by atoms with Gasteiger partial charge < -0.3 is 15.8 Å². The molecular formula is C20H28N2O2. The first-order valence-electron chi connectivity index (χ1n) is 9.41. The third-order valence-corrected chi connectivity index (χ3v) is 6.49. The van der Waals surface area contributed by atoms with Crippen LogP contribution in [0.15, 0.2) is 24.3 Å². The molecule has 4 rings (SSSR count). The van der Waals surface area contributed by atoms with Crippen LogP contribution in [0.2, 0.25) is 0 Å². The fourth-order valence-electron chi connectivity index (χ4n) is 5.05. The Morgan fingerprint density at radius 1 is 1.25 bits per heavy atom. The molecule has 3 aliphatic rings. The van der Waals surface area contributed by atoms with Gasteiger partial charge in [-0.15, -0.1) is 0 Å². The summed E-state index contributed by atoms with van der Waals surface area (Å²) in [5, 5.41) is 3.28. The van der Waals surface area contributed by atoms with Gasteiger partial charge in [0.25, 0.3) is 0 Å². The average Bonchev–Trinajstić information content (AvgIpc) is 2.98. The van der Waals surface area contributed by atoms with E-state index in [0.29, 0.717) is 24.5 Å². The number of hydrogen-bond donors (Lipinski definition) is 2. The molecule has 130 valence electrons. The van der Waals surface area contributed by atoms with Gasteiger partial charge in [-0.05, 0) is 50.5 Å². The minimum atomic E-state index is 0.0941. The highest BCUT2D eigenvalue weighted by Gasteiger charge is 2.41. The molecule has 1 heterocycles. The van der Waals surface area contributed by atoms with Gasteiger partial charge in [-0.25, -0.2) is 0 Å². The van der Waals surface area contributed by atoms with E-state index >= 15 is 0 Å². The molecule has 4 nitrogen and oxygen atoms in total. The molecule has 2 aliphatic carbocycles. The molecule has 2 bridgehead atoms. The quantitative estimate of drug-likeness (QED) is 0.897. The first-order chi connectivity index (χ1) is 11.6. The van der Waals surface area contributed by atoms with Gasteiger partial charge in [0, 0.05) is 29.5 Å². The topological polar surface area (TPSA) is 64.4 Å². The van der Waals surface area contributed by atoms with E-state index in [1.807, 2.05) is 18.2 Å². The number of fused-ring (bicyclic) bond motifs is 3. The van der Waals surface area contributed by atoms with Gasteiger partial charge in [0.15, 0.2) is 0 Å². The van der Waals surface area contributed by atoms with Gasteiger partial charge in [0.1, 0.15) is 5.75 Å². The Labute approximate surface area is 144 Å². The van der Waals surface area contributed by atoms with Crippen LogP contribution in [0, 0.1) is 17.8 Å². The van der Waals surface area contributed by atoms with Gasteiger partial charge in [0.2, 0.25) is 5.91 Å². The summed E-state index contributed by atoms with van der Waals surface area (Å²) in [5.74, 6) is 2.64. The van der Waals surface area contributed by atoms with Crippen molar-refractivity contribution in [2.24, 2.45) is 23.5 Å². The van der Waals surface area contributed by atoms with Crippen molar-refractivity contribution in [3.63, 3.8) is 0 Å². The molecule has 4 heteroatoms. The molecule has 1 aromatic carbocycles. The maximum Gasteiger partial charge on any atom is 0.223 e. The number of benzene rings is 1. The first kappa shape index (κ1) is 15.9. The van der Waals surface area contributed by atoms with Crippen molar-refractivity contribution >= 4 is 5.91 Å². The molecule has 1 aliphatic heterocycles. The van der Waals surface area contributed by atoms with Crippen LogP contribution in [-0.4, -0.2) is 24.6 Å². The van der Waals surface area contributed by atoms with Crippen molar-refractivity contribution in [1.82, 2.24) is 5.32 Å². The fourth-order valence-corrected chi connectivity index (χ4v) is 5.05. The summed E-state index contributed by atoms with van der Waals surface area (Å²) in [7, 11) is 0. The third-order valence-electron chi connectivity index (χ3n) is 6.49. The van der Waals surface area contributed by atoms with E-state index in [4.69, 9.17) is 10.5 Å². The predicted molar refractivity (Wildman–Crippen MR) is 93.8 cm³/mol. The molecule has 4 unspecified atom stereocenters. The number of nitrogens with two attached hydrogens (primary N) is 1. The maximum atomic E-state index is 12.8. The summed E-state index contributed by atoms with van der Waals surface area (Å²) >= 11 is 0. The Balaban J connectivity index is 1.40. The van der Waals surface area contributed by atoms with E-state index in [1.54, 1.807) is 0 Å². The van der Waals surface area contributed by atoms with Gasteiger partial charge >= 0.3 is 0 Å². The summed E-state index contributed by atoms with van der Waals surface area (Å²) < 4.78 is 5.77. The van der Waals surface area contributed by atoms with E-state index in [0.717, 1.165) is 18.6 Å². The summed E-state index contributed by atoms with van der Waals surface area (Å²) in [6, 6.07) is 8.56. The Morgan fingerprint density at radius 3 is 2.71 bits per heavy atom. The molecule has 4 atom stereocenters. The lowest BCUT2D eigenvalue weighted by Crippen LogP contribution is -2.50. The zero-order chi connectivity index (χ0) is 16.7. The normalized spacial score (nSPS) is 35.7. The predicted octanol–water partition coefficient (Wildman–Crippen LogP) is 2.82. The van der Waals surface area contributed by atoms with Crippen LogP contribution in [0.4, 0.5) is 0 Å². The summed E-state index contributed by atoms with van der Waals surface area (Å²) in [5.41, 5.74) is 7.57. The van der Waals surface area contributed by atoms with Gasteiger partial charge in [-0.1, -0.05) is 24.6 Å². The van der Waals surface area contributed by atoms with Crippen LogP contribution < -0.4 is 15.8 Å². The minimum Gasteiger partial charge on any atom is -0.493 e. The van der Waals surface area contributed by atoms with Crippen LogP contribution in [0.25, 0.3) is 0 Å². The van der Waals surface area contributed by atoms with Crippen molar-refractivity contribution in [3.05, 3.63) is 29.8 Å². The van der Waals surface area contributed by atoms with Crippen LogP contribution in [0.3, 0.4) is 0 Å². The van der Waals surface area contributed by atoms with Gasteiger partial charge in [-0.3, -0.25) is 4.79 Å². The number of ether oxygens (including phenoxy) is 1. The van der Waals surface area contributed by atoms with Gasteiger partial charge in [-0.2, -0.15) is 0 Å². The average molecular weight is 328 g/mol. The number of para-hydroxylation sites is 1. The van der Waals surface area contributed by atoms with Crippen molar-refractivity contribution in [2.45, 2.75) is 57.0 Å². The van der Waals surface area contributed by atoms with Crippen LogP contribution in [0.5, 0.6) is 5.75 Å². The second-order valence-corrected chi connectivity index (χ2v) is 7.95. The second-order valence-electron chi connectivity index (χ2n) is 7.95.